The summed E-state index contributed by atoms with van der Waals surface area (Å²) in [5.74, 6) is -2.41. The van der Waals surface area contributed by atoms with E-state index in [0.717, 1.165) is 5.56 Å². The summed E-state index contributed by atoms with van der Waals surface area (Å²) >= 11 is 0. The first-order valence-corrected chi connectivity index (χ1v) is 7.08. The number of aryl methyl sites for hydroxylation is 1. The second-order valence-electron chi connectivity index (χ2n) is 5.16. The van der Waals surface area contributed by atoms with E-state index in [1.807, 2.05) is 6.92 Å². The van der Waals surface area contributed by atoms with E-state index in [2.05, 4.69) is 5.32 Å². The third-order valence-corrected chi connectivity index (χ3v) is 3.28. The number of carbonyl (C=O) groups is 2. The Morgan fingerprint density at radius 2 is 1.62 bits per heavy atom. The van der Waals surface area contributed by atoms with Crippen molar-refractivity contribution in [1.29, 1.82) is 0 Å². The molecule has 2 aromatic rings. The Balaban J connectivity index is 2.06. The maximum atomic E-state index is 12.4. The molecular formula is C17H15F3N2O2. The van der Waals surface area contributed by atoms with Gasteiger partial charge in [0.25, 0.3) is 5.91 Å². The van der Waals surface area contributed by atoms with Crippen molar-refractivity contribution >= 4 is 17.5 Å². The zero-order valence-corrected chi connectivity index (χ0v) is 12.8. The number of alkyl halides is 3. The van der Waals surface area contributed by atoms with Gasteiger partial charge in [-0.3, -0.25) is 9.59 Å². The fourth-order valence-corrected chi connectivity index (χ4v) is 1.97. The Labute approximate surface area is 136 Å². The van der Waals surface area contributed by atoms with Gasteiger partial charge in [0.1, 0.15) is 0 Å². The Morgan fingerprint density at radius 1 is 1.00 bits per heavy atom. The summed E-state index contributed by atoms with van der Waals surface area (Å²) in [6.45, 7) is 1.88. The molecule has 0 radical (unpaired) electrons. The Hall–Kier alpha value is -2.83. The van der Waals surface area contributed by atoms with E-state index in [1.165, 1.54) is 18.2 Å². The van der Waals surface area contributed by atoms with Crippen LogP contribution in [-0.4, -0.2) is 18.0 Å². The van der Waals surface area contributed by atoms with E-state index < -0.39 is 12.1 Å². The minimum atomic E-state index is -4.97. The fourth-order valence-electron chi connectivity index (χ4n) is 1.97. The summed E-state index contributed by atoms with van der Waals surface area (Å²) in [6.07, 6.45) is -4.97. The van der Waals surface area contributed by atoms with Crippen molar-refractivity contribution in [3.8, 4) is 0 Å². The lowest BCUT2D eigenvalue weighted by Crippen LogP contribution is -2.31. The molecule has 0 aliphatic heterocycles. The summed E-state index contributed by atoms with van der Waals surface area (Å²) in [6, 6.07) is 12.9. The monoisotopic (exact) mass is 336 g/mol. The Bertz CT molecular complexity index is 740. The van der Waals surface area contributed by atoms with E-state index in [9.17, 15) is 22.8 Å². The molecule has 0 spiro atoms. The van der Waals surface area contributed by atoms with Crippen LogP contribution in [0.1, 0.15) is 21.5 Å². The molecule has 0 fully saturated rings. The molecule has 2 amide bonds. The average molecular weight is 336 g/mol. The summed E-state index contributed by atoms with van der Waals surface area (Å²) in [7, 11) is 0. The maximum Gasteiger partial charge on any atom is 0.471 e. The minimum Gasteiger partial charge on any atom is -0.348 e. The van der Waals surface area contributed by atoms with Gasteiger partial charge >= 0.3 is 12.1 Å². The van der Waals surface area contributed by atoms with Gasteiger partial charge in [-0.15, -0.1) is 0 Å². The first kappa shape index (κ1) is 17.5. The molecule has 0 heterocycles. The van der Waals surface area contributed by atoms with Crippen molar-refractivity contribution in [1.82, 2.24) is 5.32 Å². The van der Waals surface area contributed by atoms with E-state index >= 15 is 0 Å². The second kappa shape index (κ2) is 7.16. The highest BCUT2D eigenvalue weighted by molar-refractivity contribution is 5.96. The van der Waals surface area contributed by atoms with Gasteiger partial charge in [-0.1, -0.05) is 35.9 Å². The largest absolute Gasteiger partial charge is 0.471 e. The molecular weight excluding hydrogens is 321 g/mol. The van der Waals surface area contributed by atoms with Gasteiger partial charge in [0.2, 0.25) is 0 Å². The van der Waals surface area contributed by atoms with Crippen molar-refractivity contribution in [2.24, 2.45) is 0 Å². The molecule has 24 heavy (non-hydrogen) atoms. The number of nitrogens with one attached hydrogen (secondary N) is 2. The quantitative estimate of drug-likeness (QED) is 0.899. The number of carbonyl (C=O) groups excluding carboxylic acids is 2. The van der Waals surface area contributed by atoms with Crippen LogP contribution in [0.4, 0.5) is 18.9 Å². The van der Waals surface area contributed by atoms with E-state index in [1.54, 1.807) is 35.6 Å². The zero-order valence-electron chi connectivity index (χ0n) is 12.8. The number of hydrogen-bond donors (Lipinski definition) is 2. The van der Waals surface area contributed by atoms with Gasteiger partial charge in [-0.2, -0.15) is 13.2 Å². The molecule has 7 heteroatoms. The van der Waals surface area contributed by atoms with Gasteiger partial charge in [-0.05, 0) is 30.7 Å². The number of rotatable bonds is 4. The maximum absolute atomic E-state index is 12.4. The highest BCUT2D eigenvalue weighted by atomic mass is 19.4. The predicted octanol–water partition coefficient (Wildman–Crippen LogP) is 3.43. The molecule has 0 saturated carbocycles. The highest BCUT2D eigenvalue weighted by Crippen LogP contribution is 2.21. The van der Waals surface area contributed by atoms with Gasteiger partial charge in [0, 0.05) is 17.8 Å². The standard InChI is InChI=1S/C17H15F3N2O2/c1-11-6-8-12(9-7-11)15(23)21-10-13-4-2-3-5-14(13)22-16(24)17(18,19)20/h2-9H,10H2,1H3,(H,21,23)(H,22,24). The lowest BCUT2D eigenvalue weighted by atomic mass is 10.1. The summed E-state index contributed by atoms with van der Waals surface area (Å²) in [4.78, 5) is 23.1. The number of hydrogen-bond acceptors (Lipinski definition) is 2. The molecule has 2 rings (SSSR count). The molecule has 0 unspecified atom stereocenters. The van der Waals surface area contributed by atoms with E-state index in [0.29, 0.717) is 11.1 Å². The molecule has 2 aromatic carbocycles. The minimum absolute atomic E-state index is 0.00373. The van der Waals surface area contributed by atoms with Crippen LogP contribution >= 0.6 is 0 Å². The van der Waals surface area contributed by atoms with Crippen LogP contribution in [0.5, 0.6) is 0 Å². The molecule has 0 aliphatic rings. The van der Waals surface area contributed by atoms with Crippen LogP contribution < -0.4 is 10.6 Å². The van der Waals surface area contributed by atoms with E-state index in [-0.39, 0.29) is 18.1 Å². The van der Waals surface area contributed by atoms with Crippen LogP contribution in [0, 0.1) is 6.92 Å². The summed E-state index contributed by atoms with van der Waals surface area (Å²) < 4.78 is 37.1. The SMILES string of the molecule is Cc1ccc(C(=O)NCc2ccccc2NC(=O)C(F)(F)F)cc1. The molecule has 0 aromatic heterocycles. The predicted molar refractivity (Wildman–Crippen MR) is 83.5 cm³/mol. The van der Waals surface area contributed by atoms with Crippen molar-refractivity contribution in [3.63, 3.8) is 0 Å². The average Bonchev–Trinajstić information content (AvgIpc) is 2.53. The number of para-hydroxylation sites is 1. The Kier molecular flexibility index (Phi) is 5.23. The van der Waals surface area contributed by atoms with Crippen molar-refractivity contribution in [2.45, 2.75) is 19.6 Å². The van der Waals surface area contributed by atoms with Crippen LogP contribution in [0.25, 0.3) is 0 Å². The molecule has 2 N–H and O–H groups in total. The van der Waals surface area contributed by atoms with Crippen LogP contribution in [0.3, 0.4) is 0 Å². The lowest BCUT2D eigenvalue weighted by Gasteiger charge is -2.13. The smallest absolute Gasteiger partial charge is 0.348 e. The first-order valence-electron chi connectivity index (χ1n) is 7.08. The molecule has 0 saturated heterocycles. The molecule has 126 valence electrons. The van der Waals surface area contributed by atoms with Gasteiger partial charge in [0.15, 0.2) is 0 Å². The molecule has 4 nitrogen and oxygen atoms in total. The number of halogens is 3. The zero-order chi connectivity index (χ0) is 17.7. The van der Waals surface area contributed by atoms with Crippen LogP contribution in [0.15, 0.2) is 48.5 Å². The lowest BCUT2D eigenvalue weighted by molar-refractivity contribution is -0.167. The van der Waals surface area contributed by atoms with Crippen molar-refractivity contribution in [3.05, 3.63) is 65.2 Å². The summed E-state index contributed by atoms with van der Waals surface area (Å²) in [5.41, 5.74) is 1.82. The normalized spacial score (nSPS) is 11.0. The second-order valence-corrected chi connectivity index (χ2v) is 5.16. The third kappa shape index (κ3) is 4.58. The topological polar surface area (TPSA) is 58.2 Å². The van der Waals surface area contributed by atoms with E-state index in [4.69, 9.17) is 0 Å². The number of benzene rings is 2. The number of amides is 2. The fraction of sp³-hybridized carbons (Fsp3) is 0.176. The molecule has 0 aliphatic carbocycles. The Morgan fingerprint density at radius 3 is 2.25 bits per heavy atom. The van der Waals surface area contributed by atoms with Gasteiger partial charge < -0.3 is 10.6 Å². The first-order chi connectivity index (χ1) is 11.3. The third-order valence-electron chi connectivity index (χ3n) is 3.28. The van der Waals surface area contributed by atoms with Crippen molar-refractivity contribution < 1.29 is 22.8 Å². The molecule has 0 atom stereocenters. The van der Waals surface area contributed by atoms with Crippen molar-refractivity contribution in [2.75, 3.05) is 5.32 Å². The highest BCUT2D eigenvalue weighted by Gasteiger charge is 2.38. The summed E-state index contributed by atoms with van der Waals surface area (Å²) in [5, 5.41) is 4.42. The van der Waals surface area contributed by atoms with Gasteiger partial charge in [-0.25, -0.2) is 0 Å². The van der Waals surface area contributed by atoms with Crippen LogP contribution in [0.2, 0.25) is 0 Å². The van der Waals surface area contributed by atoms with Crippen LogP contribution in [-0.2, 0) is 11.3 Å². The number of anilines is 1. The molecule has 0 bridgehead atoms. The van der Waals surface area contributed by atoms with Gasteiger partial charge in [0.05, 0.1) is 0 Å².